The fraction of sp³-hybridized carbons (Fsp3) is 0.0800. The molecule has 0 aliphatic carbocycles. The Balaban J connectivity index is 1.64. The molecule has 0 aliphatic rings. The van der Waals surface area contributed by atoms with Gasteiger partial charge in [-0.2, -0.15) is 0 Å². The Hall–Kier alpha value is -3.62. The van der Waals surface area contributed by atoms with Crippen LogP contribution in [0.4, 0.5) is 11.4 Å². The normalized spacial score (nSPS) is 10.7. The number of aryl methyl sites for hydroxylation is 2. The highest BCUT2D eigenvalue weighted by Crippen LogP contribution is 2.26. The third-order valence-electron chi connectivity index (χ3n) is 5.17. The summed E-state index contributed by atoms with van der Waals surface area (Å²) in [5.74, 6) is -2.29. The zero-order valence-corrected chi connectivity index (χ0v) is 20.6. The minimum Gasteiger partial charge on any atom is -0.319 e. The molecule has 172 valence electrons. The first-order valence-corrected chi connectivity index (χ1v) is 11.5. The van der Waals surface area contributed by atoms with Crippen LogP contribution in [0.15, 0.2) is 71.2 Å². The number of fused-ring (bicyclic) bond motifs is 1. The third kappa shape index (κ3) is 4.98. The number of para-hydroxylation sites is 1. The summed E-state index contributed by atoms with van der Waals surface area (Å²) < 4.78 is 2.09. The number of nitrogens with zero attached hydrogens (tertiary/aromatic N) is 1. The second-order valence-corrected chi connectivity index (χ2v) is 9.04. The average Bonchev–Trinajstić information content (AvgIpc) is 3.14. The molecule has 0 atom stereocenters. The van der Waals surface area contributed by atoms with Gasteiger partial charge in [0.1, 0.15) is 5.69 Å². The van der Waals surface area contributed by atoms with Crippen molar-refractivity contribution in [2.24, 2.45) is 0 Å². The monoisotopic (exact) mass is 538 g/mol. The summed E-state index contributed by atoms with van der Waals surface area (Å²) in [7, 11) is 0. The molecule has 9 heteroatoms. The topological polar surface area (TPSA) is 92.2 Å². The number of amides is 3. The van der Waals surface area contributed by atoms with Gasteiger partial charge in [0.05, 0.1) is 16.2 Å². The predicted octanol–water partition coefficient (Wildman–Crippen LogP) is 5.64. The number of rotatable bonds is 4. The maximum Gasteiger partial charge on any atom is 0.328 e. The first-order valence-electron chi connectivity index (χ1n) is 10.3. The van der Waals surface area contributed by atoms with Crippen molar-refractivity contribution >= 4 is 67.5 Å². The number of carbonyl (C=O) groups is 3. The van der Waals surface area contributed by atoms with Gasteiger partial charge in [0.25, 0.3) is 5.91 Å². The number of benzene rings is 3. The highest BCUT2D eigenvalue weighted by atomic mass is 79.9. The zero-order valence-electron chi connectivity index (χ0n) is 18.3. The van der Waals surface area contributed by atoms with Crippen molar-refractivity contribution in [2.45, 2.75) is 13.8 Å². The average molecular weight is 540 g/mol. The minimum absolute atomic E-state index is 0.126. The Labute approximate surface area is 209 Å². The molecule has 0 fully saturated rings. The van der Waals surface area contributed by atoms with Crippen molar-refractivity contribution in [1.29, 1.82) is 0 Å². The quantitative estimate of drug-likeness (QED) is 0.293. The molecule has 0 bridgehead atoms. The predicted molar refractivity (Wildman–Crippen MR) is 138 cm³/mol. The molecule has 0 unspecified atom stereocenters. The fourth-order valence-corrected chi connectivity index (χ4v) is 4.07. The van der Waals surface area contributed by atoms with Crippen LogP contribution in [0.25, 0.3) is 10.9 Å². The number of aromatic nitrogens is 1. The first kappa shape index (κ1) is 23.5. The number of hydrogen-bond acceptors (Lipinski definition) is 3. The van der Waals surface area contributed by atoms with Gasteiger partial charge in [-0.3, -0.25) is 19.8 Å². The van der Waals surface area contributed by atoms with Gasteiger partial charge in [0.2, 0.25) is 0 Å². The number of halogens is 2. The smallest absolute Gasteiger partial charge is 0.319 e. The molecular weight excluding hydrogens is 520 g/mol. The summed E-state index contributed by atoms with van der Waals surface area (Å²) >= 11 is 9.58. The Morgan fingerprint density at radius 2 is 1.62 bits per heavy atom. The van der Waals surface area contributed by atoms with Crippen molar-refractivity contribution in [3.05, 3.63) is 93.0 Å². The van der Waals surface area contributed by atoms with Crippen molar-refractivity contribution in [2.75, 3.05) is 16.1 Å². The molecule has 4 rings (SSSR count). The van der Waals surface area contributed by atoms with Crippen LogP contribution in [0.5, 0.6) is 0 Å². The summed E-state index contributed by atoms with van der Waals surface area (Å²) in [5, 5.41) is 6.42. The number of nitrogens with one attached hydrogen (secondary N) is 3. The first-order chi connectivity index (χ1) is 16.2. The van der Waals surface area contributed by atoms with Crippen molar-refractivity contribution < 1.29 is 14.4 Å². The van der Waals surface area contributed by atoms with E-state index in [0.29, 0.717) is 27.3 Å². The molecule has 0 aliphatic heterocycles. The molecule has 3 amide bonds. The van der Waals surface area contributed by atoms with Gasteiger partial charge in [-0.05, 0) is 61.9 Å². The minimum atomic E-state index is -0.924. The van der Waals surface area contributed by atoms with Crippen LogP contribution in [0, 0.1) is 13.8 Å². The molecule has 0 spiro atoms. The molecular formula is C25H20BrClN4O3. The van der Waals surface area contributed by atoms with Crippen LogP contribution in [0.1, 0.15) is 21.6 Å². The van der Waals surface area contributed by atoms with Crippen LogP contribution < -0.4 is 16.1 Å². The van der Waals surface area contributed by atoms with Gasteiger partial charge >= 0.3 is 11.8 Å². The van der Waals surface area contributed by atoms with Crippen molar-refractivity contribution in [3.8, 4) is 0 Å². The van der Waals surface area contributed by atoms with E-state index in [1.165, 1.54) is 4.68 Å². The summed E-state index contributed by atoms with van der Waals surface area (Å²) in [5.41, 5.74) is 6.03. The summed E-state index contributed by atoms with van der Waals surface area (Å²) in [6.45, 7) is 3.78. The molecule has 1 heterocycles. The molecule has 0 saturated heterocycles. The molecule has 1 aromatic heterocycles. The zero-order chi connectivity index (χ0) is 24.4. The molecule has 4 aromatic rings. The summed E-state index contributed by atoms with van der Waals surface area (Å²) in [6, 6.07) is 19.2. The van der Waals surface area contributed by atoms with Crippen LogP contribution in [-0.2, 0) is 9.59 Å². The van der Waals surface area contributed by atoms with Crippen molar-refractivity contribution in [3.63, 3.8) is 0 Å². The van der Waals surface area contributed by atoms with E-state index in [9.17, 15) is 14.4 Å². The number of hydrogen-bond donors (Lipinski definition) is 3. The maximum absolute atomic E-state index is 13.1. The SMILES string of the molecule is Cc1ccc(NC(=O)C(=O)Nn2c(C(=O)Nc3ccccc3Cl)cc3cc(Br)ccc32)c(C)c1. The van der Waals surface area contributed by atoms with Gasteiger partial charge in [0, 0.05) is 15.5 Å². The summed E-state index contributed by atoms with van der Waals surface area (Å²) in [6.07, 6.45) is 0. The number of anilines is 2. The van der Waals surface area contributed by atoms with E-state index in [1.807, 2.05) is 26.0 Å². The van der Waals surface area contributed by atoms with Gasteiger partial charge in [-0.15, -0.1) is 0 Å². The maximum atomic E-state index is 13.1. The van der Waals surface area contributed by atoms with Crippen LogP contribution in [-0.4, -0.2) is 22.4 Å². The largest absolute Gasteiger partial charge is 0.328 e. The van der Waals surface area contributed by atoms with E-state index in [1.54, 1.807) is 54.6 Å². The second kappa shape index (κ2) is 9.70. The van der Waals surface area contributed by atoms with Crippen LogP contribution in [0.3, 0.4) is 0 Å². The highest BCUT2D eigenvalue weighted by molar-refractivity contribution is 9.10. The van der Waals surface area contributed by atoms with E-state index in [-0.39, 0.29) is 5.69 Å². The molecule has 34 heavy (non-hydrogen) atoms. The van der Waals surface area contributed by atoms with E-state index in [0.717, 1.165) is 15.6 Å². The molecule has 3 N–H and O–H groups in total. The Morgan fingerprint density at radius 1 is 0.853 bits per heavy atom. The molecule has 0 radical (unpaired) electrons. The standard InChI is InChI=1S/C25H20BrClN4O3/c1-14-7-9-19(15(2)11-14)28-24(33)25(34)30-31-21-10-8-17(26)12-16(21)13-22(31)23(32)29-20-6-4-3-5-18(20)27/h3-13H,1-2H3,(H,28,33)(H,29,32)(H,30,34). The molecule has 7 nitrogen and oxygen atoms in total. The van der Waals surface area contributed by atoms with E-state index >= 15 is 0 Å². The fourth-order valence-electron chi connectivity index (χ4n) is 3.51. The van der Waals surface area contributed by atoms with Gasteiger partial charge in [-0.1, -0.05) is 57.4 Å². The Morgan fingerprint density at radius 3 is 2.35 bits per heavy atom. The summed E-state index contributed by atoms with van der Waals surface area (Å²) in [4.78, 5) is 38.5. The van der Waals surface area contributed by atoms with Crippen LogP contribution >= 0.6 is 27.5 Å². The lowest BCUT2D eigenvalue weighted by atomic mass is 10.1. The van der Waals surface area contributed by atoms with E-state index in [2.05, 4.69) is 32.0 Å². The highest BCUT2D eigenvalue weighted by Gasteiger charge is 2.22. The van der Waals surface area contributed by atoms with E-state index < -0.39 is 17.7 Å². The van der Waals surface area contributed by atoms with Gasteiger partial charge in [-0.25, -0.2) is 4.68 Å². The van der Waals surface area contributed by atoms with Gasteiger partial charge < -0.3 is 10.6 Å². The second-order valence-electron chi connectivity index (χ2n) is 7.72. The van der Waals surface area contributed by atoms with Gasteiger partial charge in [0.15, 0.2) is 0 Å². The lowest BCUT2D eigenvalue weighted by Crippen LogP contribution is -2.36. The number of carbonyl (C=O) groups excluding carboxylic acids is 3. The van der Waals surface area contributed by atoms with Crippen molar-refractivity contribution in [1.82, 2.24) is 4.68 Å². The van der Waals surface area contributed by atoms with Crippen LogP contribution in [0.2, 0.25) is 5.02 Å². The Bertz CT molecular complexity index is 1450. The third-order valence-corrected chi connectivity index (χ3v) is 5.99. The Kier molecular flexibility index (Phi) is 6.72. The lowest BCUT2D eigenvalue weighted by molar-refractivity contribution is -0.133. The van der Waals surface area contributed by atoms with E-state index in [4.69, 9.17) is 11.6 Å². The lowest BCUT2D eigenvalue weighted by Gasteiger charge is -2.14. The molecule has 0 saturated carbocycles. The molecule has 3 aromatic carbocycles.